The third-order valence-corrected chi connectivity index (χ3v) is 2.89. The smallest absolute Gasteiger partial charge is 0.328 e. The van der Waals surface area contributed by atoms with Crippen LogP contribution in [0.25, 0.3) is 0 Å². The third-order valence-electron chi connectivity index (χ3n) is 2.25. The molecule has 0 saturated carbocycles. The normalized spacial score (nSPS) is 16.2. The minimum Gasteiger partial charge on any atom is -0.480 e. The molecule has 0 unspecified atom stereocenters. The van der Waals surface area contributed by atoms with Crippen molar-refractivity contribution in [2.24, 2.45) is 5.92 Å². The van der Waals surface area contributed by atoms with Crippen molar-refractivity contribution in [3.8, 4) is 0 Å². The van der Waals surface area contributed by atoms with Gasteiger partial charge in [-0.05, 0) is 25.4 Å². The molecule has 0 fully saturated rings. The molecule has 0 bridgehead atoms. The molecular formula is C10H19NO4S. The highest BCUT2D eigenvalue weighted by Crippen LogP contribution is 2.07. The molecule has 0 aliphatic heterocycles. The molecule has 0 aromatic heterocycles. The molecule has 3 atom stereocenters. The quantitative estimate of drug-likeness (QED) is 0.605. The van der Waals surface area contributed by atoms with Crippen molar-refractivity contribution in [2.75, 3.05) is 12.0 Å². The van der Waals surface area contributed by atoms with Crippen molar-refractivity contribution < 1.29 is 19.8 Å². The van der Waals surface area contributed by atoms with Crippen molar-refractivity contribution in [3.63, 3.8) is 0 Å². The summed E-state index contributed by atoms with van der Waals surface area (Å²) in [6.45, 7) is 3.08. The van der Waals surface area contributed by atoms with E-state index in [1.54, 1.807) is 18.7 Å². The number of aliphatic hydroxyl groups is 1. The zero-order valence-corrected chi connectivity index (χ0v) is 10.6. The summed E-state index contributed by atoms with van der Waals surface area (Å²) in [5.74, 6) is -0.947. The first kappa shape index (κ1) is 15.2. The van der Waals surface area contributed by atoms with E-state index in [0.29, 0.717) is 6.42 Å². The maximum Gasteiger partial charge on any atom is 0.328 e. The Kier molecular flexibility index (Phi) is 7.16. The van der Waals surface area contributed by atoms with Crippen LogP contribution in [-0.2, 0) is 9.59 Å². The molecule has 5 nitrogen and oxygen atoms in total. The number of aliphatic hydroxyl groups excluding tert-OH is 1. The second kappa shape index (κ2) is 7.51. The van der Waals surface area contributed by atoms with Gasteiger partial charge in [0.05, 0.1) is 6.10 Å². The van der Waals surface area contributed by atoms with Gasteiger partial charge in [-0.25, -0.2) is 4.79 Å². The number of carboxylic acids is 1. The molecule has 0 aliphatic carbocycles. The fourth-order valence-corrected chi connectivity index (χ4v) is 1.70. The zero-order valence-electron chi connectivity index (χ0n) is 9.77. The lowest BCUT2D eigenvalue weighted by atomic mass is 10.1. The van der Waals surface area contributed by atoms with E-state index in [9.17, 15) is 14.7 Å². The number of hydrogen-bond acceptors (Lipinski definition) is 4. The number of aliphatic carboxylic acids is 1. The molecule has 1 amide bonds. The van der Waals surface area contributed by atoms with E-state index in [1.165, 1.54) is 6.92 Å². The summed E-state index contributed by atoms with van der Waals surface area (Å²) >= 11 is 1.63. The summed E-state index contributed by atoms with van der Waals surface area (Å²) in [6, 6.07) is -1.23. The van der Waals surface area contributed by atoms with Crippen LogP contribution in [0.4, 0.5) is 0 Å². The van der Waals surface area contributed by atoms with Crippen molar-refractivity contribution in [1.29, 1.82) is 0 Å². The molecule has 0 saturated heterocycles. The number of carbonyl (C=O) groups is 2. The fraction of sp³-hybridized carbons (Fsp3) is 0.800. The molecule has 0 aromatic rings. The van der Waals surface area contributed by atoms with E-state index < -0.39 is 18.1 Å². The maximum atomic E-state index is 11.6. The summed E-state index contributed by atoms with van der Waals surface area (Å²) < 4.78 is 0. The van der Waals surface area contributed by atoms with Crippen LogP contribution in [0.1, 0.15) is 20.3 Å². The number of nitrogens with one attached hydrogen (secondary N) is 1. The Hall–Kier alpha value is -0.750. The Morgan fingerprint density at radius 3 is 2.31 bits per heavy atom. The summed E-state index contributed by atoms with van der Waals surface area (Å²) in [4.78, 5) is 22.3. The number of carbonyl (C=O) groups excluding carboxylic acids is 1. The molecule has 0 radical (unpaired) electrons. The molecule has 0 spiro atoms. The van der Waals surface area contributed by atoms with Gasteiger partial charge in [-0.3, -0.25) is 4.79 Å². The van der Waals surface area contributed by atoms with Crippen LogP contribution in [-0.4, -0.2) is 46.2 Å². The van der Waals surface area contributed by atoms with Crippen molar-refractivity contribution in [3.05, 3.63) is 0 Å². The van der Waals surface area contributed by atoms with Gasteiger partial charge >= 0.3 is 5.97 Å². The van der Waals surface area contributed by atoms with Crippen LogP contribution in [0.15, 0.2) is 0 Å². The van der Waals surface area contributed by atoms with E-state index in [1.807, 2.05) is 6.26 Å². The van der Waals surface area contributed by atoms with Gasteiger partial charge in [0.1, 0.15) is 0 Å². The Bertz CT molecular complexity index is 245. The predicted molar refractivity (Wildman–Crippen MR) is 63.4 cm³/mol. The molecule has 3 N–H and O–H groups in total. The van der Waals surface area contributed by atoms with Crippen LogP contribution < -0.4 is 5.32 Å². The van der Waals surface area contributed by atoms with E-state index in [-0.39, 0.29) is 11.8 Å². The minimum atomic E-state index is -1.23. The SMILES string of the molecule is CSCC[C@H](C)C(=O)N[C@H](C(=O)O)[C@@H](C)O. The Morgan fingerprint density at radius 2 is 1.94 bits per heavy atom. The summed E-state index contributed by atoms with van der Waals surface area (Å²) in [7, 11) is 0. The minimum absolute atomic E-state index is 0.243. The van der Waals surface area contributed by atoms with Crippen LogP contribution in [0.5, 0.6) is 0 Å². The highest BCUT2D eigenvalue weighted by molar-refractivity contribution is 7.98. The number of hydrogen-bond donors (Lipinski definition) is 3. The summed E-state index contributed by atoms with van der Waals surface area (Å²) in [5.41, 5.74) is 0. The van der Waals surface area contributed by atoms with Gasteiger partial charge in [-0.2, -0.15) is 11.8 Å². The van der Waals surface area contributed by atoms with Crippen molar-refractivity contribution >= 4 is 23.6 Å². The van der Waals surface area contributed by atoms with Crippen LogP contribution >= 0.6 is 11.8 Å². The van der Waals surface area contributed by atoms with Gasteiger partial charge in [0.15, 0.2) is 6.04 Å². The third kappa shape index (κ3) is 5.37. The molecule has 0 heterocycles. The van der Waals surface area contributed by atoms with Crippen LogP contribution in [0.2, 0.25) is 0 Å². The number of carboxylic acid groups (broad SMARTS) is 1. The van der Waals surface area contributed by atoms with Gasteiger partial charge in [0, 0.05) is 5.92 Å². The second-order valence-electron chi connectivity index (χ2n) is 3.75. The van der Waals surface area contributed by atoms with Gasteiger partial charge in [0.25, 0.3) is 0 Å². The maximum absolute atomic E-state index is 11.6. The Morgan fingerprint density at radius 1 is 1.38 bits per heavy atom. The first-order valence-corrected chi connectivity index (χ1v) is 6.49. The van der Waals surface area contributed by atoms with Crippen LogP contribution in [0, 0.1) is 5.92 Å². The molecule has 6 heteroatoms. The standard InChI is InChI=1S/C10H19NO4S/c1-6(4-5-16-3)9(13)11-8(7(2)12)10(14)15/h6-8,12H,4-5H2,1-3H3,(H,11,13)(H,14,15)/t6-,7+,8-/m0/s1. The van der Waals surface area contributed by atoms with Crippen LogP contribution in [0.3, 0.4) is 0 Å². The zero-order chi connectivity index (χ0) is 12.7. The Balaban J connectivity index is 4.24. The first-order valence-electron chi connectivity index (χ1n) is 5.10. The monoisotopic (exact) mass is 249 g/mol. The van der Waals surface area contributed by atoms with E-state index in [0.717, 1.165) is 5.75 Å². The topological polar surface area (TPSA) is 86.6 Å². The fourth-order valence-electron chi connectivity index (χ4n) is 1.11. The van der Waals surface area contributed by atoms with Gasteiger partial charge < -0.3 is 15.5 Å². The van der Waals surface area contributed by atoms with Gasteiger partial charge in [-0.1, -0.05) is 6.92 Å². The number of amides is 1. The highest BCUT2D eigenvalue weighted by Gasteiger charge is 2.26. The lowest BCUT2D eigenvalue weighted by Gasteiger charge is -2.19. The average Bonchev–Trinajstić information content (AvgIpc) is 2.20. The van der Waals surface area contributed by atoms with Crippen molar-refractivity contribution in [1.82, 2.24) is 5.32 Å². The molecule has 0 aliphatic rings. The van der Waals surface area contributed by atoms with Gasteiger partial charge in [0.2, 0.25) is 5.91 Å². The lowest BCUT2D eigenvalue weighted by molar-refractivity contribution is -0.145. The van der Waals surface area contributed by atoms with E-state index in [4.69, 9.17) is 5.11 Å². The van der Waals surface area contributed by atoms with Crippen molar-refractivity contribution in [2.45, 2.75) is 32.4 Å². The average molecular weight is 249 g/mol. The summed E-state index contributed by atoms with van der Waals surface area (Å²) in [6.07, 6.45) is 1.54. The van der Waals surface area contributed by atoms with Gasteiger partial charge in [-0.15, -0.1) is 0 Å². The largest absolute Gasteiger partial charge is 0.480 e. The second-order valence-corrected chi connectivity index (χ2v) is 4.73. The molecule has 94 valence electrons. The van der Waals surface area contributed by atoms with E-state index in [2.05, 4.69) is 5.32 Å². The first-order chi connectivity index (χ1) is 7.40. The molecule has 16 heavy (non-hydrogen) atoms. The lowest BCUT2D eigenvalue weighted by Crippen LogP contribution is -2.49. The molecule has 0 aromatic carbocycles. The Labute approximate surface area is 99.6 Å². The number of thioether (sulfide) groups is 1. The predicted octanol–water partition coefficient (Wildman–Crippen LogP) is 0.326. The summed E-state index contributed by atoms with van der Waals surface area (Å²) in [5, 5.41) is 20.3. The molecular weight excluding hydrogens is 230 g/mol. The highest BCUT2D eigenvalue weighted by atomic mass is 32.2. The number of rotatable bonds is 7. The molecule has 0 rings (SSSR count). The van der Waals surface area contributed by atoms with E-state index >= 15 is 0 Å².